The average Bonchev–Trinajstić information content (AvgIpc) is 3.00. The standard InChI is InChI=1S/C15H19NO2/c17-15(12-5-2-1-3-6-12)18-11-13-8-10-16-9-4-7-14(13)16/h1-3,5-6,13-14H,4,7-11H2/t13-,14+/m1/s1. The Hall–Kier alpha value is -1.35. The van der Waals surface area contributed by atoms with E-state index < -0.39 is 0 Å². The van der Waals surface area contributed by atoms with E-state index >= 15 is 0 Å². The lowest BCUT2D eigenvalue weighted by Crippen LogP contribution is -2.28. The minimum Gasteiger partial charge on any atom is -0.462 e. The van der Waals surface area contributed by atoms with Crippen LogP contribution in [0.3, 0.4) is 0 Å². The molecule has 0 N–H and O–H groups in total. The number of benzene rings is 1. The highest BCUT2D eigenvalue weighted by Crippen LogP contribution is 2.32. The molecular formula is C15H19NO2. The zero-order valence-corrected chi connectivity index (χ0v) is 10.5. The number of esters is 1. The van der Waals surface area contributed by atoms with Gasteiger partial charge in [0.25, 0.3) is 0 Å². The molecule has 0 saturated carbocycles. The molecular weight excluding hydrogens is 226 g/mol. The number of hydrogen-bond donors (Lipinski definition) is 0. The molecule has 1 aromatic carbocycles. The monoisotopic (exact) mass is 245 g/mol. The van der Waals surface area contributed by atoms with Crippen molar-refractivity contribution in [2.45, 2.75) is 25.3 Å². The zero-order valence-electron chi connectivity index (χ0n) is 10.5. The van der Waals surface area contributed by atoms with Crippen molar-refractivity contribution in [2.75, 3.05) is 19.7 Å². The molecule has 2 heterocycles. The molecule has 96 valence electrons. The number of carbonyl (C=O) groups excluding carboxylic acids is 1. The van der Waals surface area contributed by atoms with Crippen molar-refractivity contribution >= 4 is 5.97 Å². The summed E-state index contributed by atoms with van der Waals surface area (Å²) in [5.74, 6) is 0.354. The summed E-state index contributed by atoms with van der Waals surface area (Å²) < 4.78 is 5.45. The van der Waals surface area contributed by atoms with Crippen molar-refractivity contribution in [2.24, 2.45) is 5.92 Å². The third kappa shape index (κ3) is 2.27. The highest BCUT2D eigenvalue weighted by molar-refractivity contribution is 5.89. The summed E-state index contributed by atoms with van der Waals surface area (Å²) in [5, 5.41) is 0. The maximum Gasteiger partial charge on any atom is 0.338 e. The van der Waals surface area contributed by atoms with Gasteiger partial charge in [-0.1, -0.05) is 18.2 Å². The van der Waals surface area contributed by atoms with Gasteiger partial charge in [-0.25, -0.2) is 4.79 Å². The van der Waals surface area contributed by atoms with E-state index in [2.05, 4.69) is 4.90 Å². The normalized spacial score (nSPS) is 27.1. The van der Waals surface area contributed by atoms with Gasteiger partial charge < -0.3 is 4.74 Å². The fourth-order valence-corrected chi connectivity index (χ4v) is 3.22. The number of rotatable bonds is 3. The van der Waals surface area contributed by atoms with Gasteiger partial charge in [0.1, 0.15) is 0 Å². The summed E-state index contributed by atoms with van der Waals surface area (Å²) >= 11 is 0. The van der Waals surface area contributed by atoms with Crippen molar-refractivity contribution in [1.82, 2.24) is 4.90 Å². The van der Waals surface area contributed by atoms with E-state index in [1.807, 2.05) is 18.2 Å². The quantitative estimate of drug-likeness (QED) is 0.765. The summed E-state index contributed by atoms with van der Waals surface area (Å²) in [4.78, 5) is 14.4. The minimum absolute atomic E-state index is 0.188. The van der Waals surface area contributed by atoms with Crippen molar-refractivity contribution in [1.29, 1.82) is 0 Å². The second kappa shape index (κ2) is 5.11. The van der Waals surface area contributed by atoms with Gasteiger partial charge in [0, 0.05) is 12.0 Å². The Labute approximate surface area is 108 Å². The molecule has 3 heteroatoms. The number of carbonyl (C=O) groups is 1. The van der Waals surface area contributed by atoms with Crippen LogP contribution >= 0.6 is 0 Å². The van der Waals surface area contributed by atoms with Crippen molar-refractivity contribution in [3.8, 4) is 0 Å². The van der Waals surface area contributed by atoms with E-state index in [-0.39, 0.29) is 5.97 Å². The lowest BCUT2D eigenvalue weighted by Gasteiger charge is -2.19. The lowest BCUT2D eigenvalue weighted by molar-refractivity contribution is 0.0418. The Bertz CT molecular complexity index is 418. The van der Waals surface area contributed by atoms with Crippen LogP contribution in [0.5, 0.6) is 0 Å². The van der Waals surface area contributed by atoms with E-state index in [0.717, 1.165) is 0 Å². The van der Waals surface area contributed by atoms with Crippen LogP contribution in [0.15, 0.2) is 30.3 Å². The number of fused-ring (bicyclic) bond motifs is 1. The fourth-order valence-electron chi connectivity index (χ4n) is 3.22. The number of hydrogen-bond acceptors (Lipinski definition) is 3. The second-order valence-electron chi connectivity index (χ2n) is 5.26. The van der Waals surface area contributed by atoms with Gasteiger partial charge in [0.15, 0.2) is 0 Å². The molecule has 0 spiro atoms. The van der Waals surface area contributed by atoms with Crippen molar-refractivity contribution in [3.63, 3.8) is 0 Å². The molecule has 2 fully saturated rings. The maximum atomic E-state index is 11.9. The smallest absolute Gasteiger partial charge is 0.338 e. The van der Waals surface area contributed by atoms with E-state index in [0.29, 0.717) is 24.1 Å². The number of ether oxygens (including phenoxy) is 1. The summed E-state index contributed by atoms with van der Waals surface area (Å²) in [6, 6.07) is 9.91. The van der Waals surface area contributed by atoms with E-state index in [9.17, 15) is 4.79 Å². The predicted octanol–water partition coefficient (Wildman–Crippen LogP) is 2.33. The van der Waals surface area contributed by atoms with Gasteiger partial charge in [0.05, 0.1) is 12.2 Å². The second-order valence-corrected chi connectivity index (χ2v) is 5.26. The molecule has 0 aromatic heterocycles. The van der Waals surface area contributed by atoms with E-state index in [1.54, 1.807) is 12.1 Å². The predicted molar refractivity (Wildman–Crippen MR) is 69.4 cm³/mol. The molecule has 0 aliphatic carbocycles. The van der Waals surface area contributed by atoms with Crippen LogP contribution in [-0.2, 0) is 4.74 Å². The molecule has 2 aliphatic rings. The van der Waals surface area contributed by atoms with E-state index in [1.165, 1.54) is 32.4 Å². The van der Waals surface area contributed by atoms with Crippen molar-refractivity contribution in [3.05, 3.63) is 35.9 Å². The van der Waals surface area contributed by atoms with Crippen LogP contribution in [0, 0.1) is 5.92 Å². The lowest BCUT2D eigenvalue weighted by atomic mass is 9.99. The first-order valence-corrected chi connectivity index (χ1v) is 6.81. The topological polar surface area (TPSA) is 29.5 Å². The zero-order chi connectivity index (χ0) is 12.4. The van der Waals surface area contributed by atoms with Crippen LogP contribution in [0.25, 0.3) is 0 Å². The fraction of sp³-hybridized carbons (Fsp3) is 0.533. The largest absolute Gasteiger partial charge is 0.462 e. The SMILES string of the molecule is O=C(OC[C@H]1CCN2CCC[C@@H]12)c1ccccc1. The van der Waals surface area contributed by atoms with Crippen LogP contribution in [0.4, 0.5) is 0 Å². The molecule has 18 heavy (non-hydrogen) atoms. The molecule has 3 rings (SSSR count). The third-order valence-electron chi connectivity index (χ3n) is 4.18. The minimum atomic E-state index is -0.188. The van der Waals surface area contributed by atoms with Gasteiger partial charge in [-0.05, 0) is 44.5 Å². The Morgan fingerprint density at radius 3 is 2.89 bits per heavy atom. The third-order valence-corrected chi connectivity index (χ3v) is 4.18. The molecule has 0 unspecified atom stereocenters. The van der Waals surface area contributed by atoms with Gasteiger partial charge in [-0.2, -0.15) is 0 Å². The highest BCUT2D eigenvalue weighted by atomic mass is 16.5. The molecule has 3 nitrogen and oxygen atoms in total. The first-order chi connectivity index (χ1) is 8.84. The Morgan fingerprint density at radius 1 is 1.22 bits per heavy atom. The maximum absolute atomic E-state index is 11.9. The first kappa shape index (κ1) is 11.7. The Kier molecular flexibility index (Phi) is 3.33. The Morgan fingerprint density at radius 2 is 2.06 bits per heavy atom. The first-order valence-electron chi connectivity index (χ1n) is 6.81. The molecule has 1 aromatic rings. The molecule has 0 bridgehead atoms. The molecule has 0 radical (unpaired) electrons. The van der Waals surface area contributed by atoms with Crippen LogP contribution < -0.4 is 0 Å². The van der Waals surface area contributed by atoms with Crippen LogP contribution in [-0.4, -0.2) is 36.6 Å². The van der Waals surface area contributed by atoms with E-state index in [4.69, 9.17) is 4.74 Å². The highest BCUT2D eigenvalue weighted by Gasteiger charge is 2.37. The van der Waals surface area contributed by atoms with Gasteiger partial charge >= 0.3 is 5.97 Å². The molecule has 2 atom stereocenters. The van der Waals surface area contributed by atoms with Gasteiger partial charge in [-0.15, -0.1) is 0 Å². The van der Waals surface area contributed by atoms with Gasteiger partial charge in [-0.3, -0.25) is 4.90 Å². The summed E-state index contributed by atoms with van der Waals surface area (Å²) in [7, 11) is 0. The molecule has 0 amide bonds. The average molecular weight is 245 g/mol. The number of nitrogens with zero attached hydrogens (tertiary/aromatic N) is 1. The molecule has 2 aliphatic heterocycles. The van der Waals surface area contributed by atoms with Crippen LogP contribution in [0.2, 0.25) is 0 Å². The van der Waals surface area contributed by atoms with Crippen LogP contribution in [0.1, 0.15) is 29.6 Å². The molecule has 2 saturated heterocycles. The van der Waals surface area contributed by atoms with Gasteiger partial charge in [0.2, 0.25) is 0 Å². The Balaban J connectivity index is 1.54. The van der Waals surface area contributed by atoms with Crippen molar-refractivity contribution < 1.29 is 9.53 Å². The summed E-state index contributed by atoms with van der Waals surface area (Å²) in [6.45, 7) is 2.99. The summed E-state index contributed by atoms with van der Waals surface area (Å²) in [5.41, 5.74) is 0.652. The summed E-state index contributed by atoms with van der Waals surface area (Å²) in [6.07, 6.45) is 3.74.